The Kier molecular flexibility index (Phi) is 3.08. The number of hydrogen-bond acceptors (Lipinski definition) is 0. The molecule has 0 atom stereocenters. The Morgan fingerprint density at radius 2 is 1.55 bits per heavy atom. The average molecular weight is 265 g/mol. The van der Waals surface area contributed by atoms with Crippen LogP contribution in [0.15, 0.2) is 36.4 Å². The Hall–Kier alpha value is -1.76. The van der Waals surface area contributed by atoms with Gasteiger partial charge in [0.2, 0.25) is 0 Å². The van der Waals surface area contributed by atoms with E-state index in [0.29, 0.717) is 12.0 Å². The first-order chi connectivity index (χ1) is 9.52. The third kappa shape index (κ3) is 1.76. The lowest BCUT2D eigenvalue weighted by Gasteiger charge is -2.16. The van der Waals surface area contributed by atoms with Crippen molar-refractivity contribution in [2.45, 2.75) is 46.6 Å². The zero-order valence-corrected chi connectivity index (χ0v) is 13.1. The van der Waals surface area contributed by atoms with Gasteiger partial charge in [-0.1, -0.05) is 44.2 Å². The Balaban J connectivity index is 2.54. The van der Waals surface area contributed by atoms with E-state index in [1.165, 1.54) is 32.9 Å². The molecule has 0 unspecified atom stereocenters. The van der Waals surface area contributed by atoms with Crippen molar-refractivity contribution in [1.82, 2.24) is 4.57 Å². The van der Waals surface area contributed by atoms with Gasteiger partial charge in [-0.3, -0.25) is 0 Å². The number of para-hydroxylation sites is 1. The summed E-state index contributed by atoms with van der Waals surface area (Å²) in [5.74, 6) is 0.568. The van der Waals surface area contributed by atoms with Crippen LogP contribution in [-0.4, -0.2) is 4.57 Å². The highest BCUT2D eigenvalue weighted by atomic mass is 15.0. The fraction of sp³-hybridized carbons (Fsp3) is 0.368. The third-order valence-corrected chi connectivity index (χ3v) is 4.31. The molecule has 0 aliphatic carbocycles. The van der Waals surface area contributed by atoms with Crippen LogP contribution < -0.4 is 0 Å². The molecule has 0 saturated carbocycles. The summed E-state index contributed by atoms with van der Waals surface area (Å²) >= 11 is 0. The standard InChI is InChI=1S/C19H23N/c1-12(2)15-10-11-17-16-8-6-7-9-18(16)20(13(3)4)19(17)14(15)5/h6-13H,1-5H3. The minimum atomic E-state index is 0.471. The lowest BCUT2D eigenvalue weighted by Crippen LogP contribution is -2.03. The lowest BCUT2D eigenvalue weighted by molar-refractivity contribution is 0.640. The summed E-state index contributed by atoms with van der Waals surface area (Å²) in [5.41, 5.74) is 5.65. The molecular formula is C19H23N. The summed E-state index contributed by atoms with van der Waals surface area (Å²) in [5, 5.41) is 2.76. The summed E-state index contributed by atoms with van der Waals surface area (Å²) in [7, 11) is 0. The molecule has 0 aliphatic rings. The predicted octanol–water partition coefficient (Wildman–Crippen LogP) is 5.81. The minimum absolute atomic E-state index is 0.471. The Morgan fingerprint density at radius 1 is 0.850 bits per heavy atom. The highest BCUT2D eigenvalue weighted by molar-refractivity contribution is 6.09. The predicted molar refractivity (Wildman–Crippen MR) is 88.7 cm³/mol. The lowest BCUT2D eigenvalue weighted by atomic mass is 9.95. The number of hydrogen-bond donors (Lipinski definition) is 0. The molecule has 3 aromatic rings. The molecule has 1 heteroatoms. The molecule has 0 saturated heterocycles. The van der Waals surface area contributed by atoms with E-state index in [9.17, 15) is 0 Å². The van der Waals surface area contributed by atoms with Gasteiger partial charge in [0.15, 0.2) is 0 Å². The zero-order chi connectivity index (χ0) is 14.4. The molecule has 0 fully saturated rings. The van der Waals surface area contributed by atoms with Gasteiger partial charge in [-0.05, 0) is 43.9 Å². The van der Waals surface area contributed by atoms with Crippen molar-refractivity contribution >= 4 is 21.8 Å². The van der Waals surface area contributed by atoms with Crippen molar-refractivity contribution in [2.24, 2.45) is 0 Å². The van der Waals surface area contributed by atoms with Gasteiger partial charge in [0.25, 0.3) is 0 Å². The van der Waals surface area contributed by atoms with Crippen LogP contribution in [-0.2, 0) is 0 Å². The SMILES string of the molecule is Cc1c(C(C)C)ccc2c3ccccc3n(C(C)C)c12. The van der Waals surface area contributed by atoms with Gasteiger partial charge in [-0.2, -0.15) is 0 Å². The van der Waals surface area contributed by atoms with E-state index >= 15 is 0 Å². The van der Waals surface area contributed by atoms with Crippen LogP contribution in [0.5, 0.6) is 0 Å². The molecule has 0 radical (unpaired) electrons. The van der Waals surface area contributed by atoms with Gasteiger partial charge in [0.1, 0.15) is 0 Å². The second-order valence-electron chi connectivity index (χ2n) is 6.31. The van der Waals surface area contributed by atoms with Crippen LogP contribution in [0.3, 0.4) is 0 Å². The number of aryl methyl sites for hydroxylation is 1. The van der Waals surface area contributed by atoms with E-state index in [4.69, 9.17) is 0 Å². The van der Waals surface area contributed by atoms with Crippen LogP contribution in [0, 0.1) is 6.92 Å². The molecule has 0 amide bonds. The fourth-order valence-corrected chi connectivity index (χ4v) is 3.44. The quantitative estimate of drug-likeness (QED) is 0.551. The van der Waals surface area contributed by atoms with Gasteiger partial charge in [-0.15, -0.1) is 0 Å². The normalized spacial score (nSPS) is 12.2. The van der Waals surface area contributed by atoms with Crippen molar-refractivity contribution in [2.75, 3.05) is 0 Å². The first kappa shape index (κ1) is 13.2. The molecule has 0 aliphatic heterocycles. The molecule has 0 N–H and O–H groups in total. The van der Waals surface area contributed by atoms with E-state index in [1.807, 2.05) is 0 Å². The Morgan fingerprint density at radius 3 is 2.20 bits per heavy atom. The molecule has 1 heterocycles. The number of fused-ring (bicyclic) bond motifs is 3. The largest absolute Gasteiger partial charge is 0.338 e. The summed E-state index contributed by atoms with van der Waals surface area (Å²) in [6.07, 6.45) is 0. The number of nitrogens with zero attached hydrogens (tertiary/aromatic N) is 1. The van der Waals surface area contributed by atoms with Crippen LogP contribution in [0.4, 0.5) is 0 Å². The van der Waals surface area contributed by atoms with Gasteiger partial charge in [0.05, 0.1) is 5.52 Å². The molecule has 1 aromatic heterocycles. The van der Waals surface area contributed by atoms with Crippen molar-refractivity contribution in [3.05, 3.63) is 47.5 Å². The van der Waals surface area contributed by atoms with Gasteiger partial charge < -0.3 is 4.57 Å². The molecule has 0 spiro atoms. The summed E-state index contributed by atoms with van der Waals surface area (Å²) in [6, 6.07) is 13.8. The van der Waals surface area contributed by atoms with Gasteiger partial charge >= 0.3 is 0 Å². The second kappa shape index (κ2) is 4.66. The summed E-state index contributed by atoms with van der Waals surface area (Å²) < 4.78 is 2.49. The molecule has 104 valence electrons. The maximum atomic E-state index is 2.49. The highest BCUT2D eigenvalue weighted by Gasteiger charge is 2.16. The molecule has 2 aromatic carbocycles. The van der Waals surface area contributed by atoms with Gasteiger partial charge in [0, 0.05) is 22.3 Å². The minimum Gasteiger partial charge on any atom is -0.338 e. The van der Waals surface area contributed by atoms with Crippen LogP contribution in [0.25, 0.3) is 21.8 Å². The van der Waals surface area contributed by atoms with E-state index in [-0.39, 0.29) is 0 Å². The van der Waals surface area contributed by atoms with Crippen molar-refractivity contribution in [3.63, 3.8) is 0 Å². The number of rotatable bonds is 2. The molecule has 1 nitrogen and oxygen atoms in total. The number of benzene rings is 2. The maximum Gasteiger partial charge on any atom is 0.0526 e. The zero-order valence-electron chi connectivity index (χ0n) is 13.1. The van der Waals surface area contributed by atoms with E-state index in [0.717, 1.165) is 0 Å². The van der Waals surface area contributed by atoms with E-state index < -0.39 is 0 Å². The molecular weight excluding hydrogens is 242 g/mol. The first-order valence-electron chi connectivity index (χ1n) is 7.54. The summed E-state index contributed by atoms with van der Waals surface area (Å²) in [4.78, 5) is 0. The Labute approximate surface area is 121 Å². The number of aromatic nitrogens is 1. The van der Waals surface area contributed by atoms with Crippen molar-refractivity contribution in [3.8, 4) is 0 Å². The van der Waals surface area contributed by atoms with Crippen LogP contribution in [0.1, 0.15) is 50.8 Å². The average Bonchev–Trinajstić information content (AvgIpc) is 2.74. The molecule has 0 bridgehead atoms. The molecule has 3 rings (SSSR count). The van der Waals surface area contributed by atoms with Crippen LogP contribution >= 0.6 is 0 Å². The third-order valence-electron chi connectivity index (χ3n) is 4.31. The van der Waals surface area contributed by atoms with E-state index in [1.54, 1.807) is 0 Å². The van der Waals surface area contributed by atoms with E-state index in [2.05, 4.69) is 75.6 Å². The monoisotopic (exact) mass is 265 g/mol. The second-order valence-corrected chi connectivity index (χ2v) is 6.31. The maximum absolute atomic E-state index is 2.49. The fourth-order valence-electron chi connectivity index (χ4n) is 3.44. The highest BCUT2D eigenvalue weighted by Crippen LogP contribution is 2.36. The van der Waals surface area contributed by atoms with Crippen LogP contribution in [0.2, 0.25) is 0 Å². The van der Waals surface area contributed by atoms with Crippen molar-refractivity contribution < 1.29 is 0 Å². The van der Waals surface area contributed by atoms with Crippen molar-refractivity contribution in [1.29, 1.82) is 0 Å². The summed E-state index contributed by atoms with van der Waals surface area (Å²) in [6.45, 7) is 11.4. The van der Waals surface area contributed by atoms with Gasteiger partial charge in [-0.25, -0.2) is 0 Å². The smallest absolute Gasteiger partial charge is 0.0526 e. The Bertz CT molecular complexity index is 775. The topological polar surface area (TPSA) is 4.93 Å². The molecule has 20 heavy (non-hydrogen) atoms. The first-order valence-corrected chi connectivity index (χ1v) is 7.54.